The van der Waals surface area contributed by atoms with E-state index in [0.717, 1.165) is 25.9 Å². The number of aromatic nitrogens is 2. The van der Waals surface area contributed by atoms with Crippen molar-refractivity contribution < 1.29 is 10.0 Å². The van der Waals surface area contributed by atoms with E-state index in [0.29, 0.717) is 24.8 Å². The van der Waals surface area contributed by atoms with Crippen LogP contribution in [0.1, 0.15) is 26.7 Å². The Bertz CT molecular complexity index is 517. The zero-order chi connectivity index (χ0) is 16.1. The maximum atomic E-state index is 11.6. The van der Waals surface area contributed by atoms with Crippen LogP contribution in [0, 0.1) is 16.0 Å². The first-order chi connectivity index (χ1) is 10.6. The summed E-state index contributed by atoms with van der Waals surface area (Å²) in [5, 5.41) is 20.7. The quantitative estimate of drug-likeness (QED) is 0.627. The average molecular weight is 309 g/mol. The Morgan fingerprint density at radius 1 is 1.45 bits per heavy atom. The molecule has 2 rings (SSSR count). The molecule has 0 aliphatic carbocycles. The standard InChI is InChI=1S/C14H23N5O3/c1-3-17(8-9-20)13-12(19(21)22)14(16-10-15-13)18-6-4-11(2)5-7-18/h10-11,20H,3-9H2,1-2H3. The Morgan fingerprint density at radius 2 is 2.14 bits per heavy atom. The Morgan fingerprint density at radius 3 is 2.68 bits per heavy atom. The van der Waals surface area contributed by atoms with Gasteiger partial charge in [-0.25, -0.2) is 9.97 Å². The summed E-state index contributed by atoms with van der Waals surface area (Å²) >= 11 is 0. The van der Waals surface area contributed by atoms with E-state index in [9.17, 15) is 10.1 Å². The molecule has 1 N–H and O–H groups in total. The van der Waals surface area contributed by atoms with Gasteiger partial charge in [-0.15, -0.1) is 0 Å². The topological polar surface area (TPSA) is 95.6 Å². The molecule has 0 saturated carbocycles. The van der Waals surface area contributed by atoms with E-state index in [1.807, 2.05) is 11.8 Å². The van der Waals surface area contributed by atoms with Gasteiger partial charge in [0.15, 0.2) is 0 Å². The lowest BCUT2D eigenvalue weighted by Crippen LogP contribution is -2.35. The van der Waals surface area contributed by atoms with E-state index in [4.69, 9.17) is 5.11 Å². The summed E-state index contributed by atoms with van der Waals surface area (Å²) in [6.45, 7) is 6.38. The summed E-state index contributed by atoms with van der Waals surface area (Å²) in [5.41, 5.74) is -0.0626. The van der Waals surface area contributed by atoms with E-state index in [-0.39, 0.29) is 18.1 Å². The van der Waals surface area contributed by atoms with Crippen molar-refractivity contribution in [2.24, 2.45) is 5.92 Å². The van der Waals surface area contributed by atoms with Gasteiger partial charge >= 0.3 is 5.69 Å². The normalized spacial score (nSPS) is 15.9. The number of hydrogen-bond donors (Lipinski definition) is 1. The zero-order valence-electron chi connectivity index (χ0n) is 13.1. The van der Waals surface area contributed by atoms with E-state index in [1.165, 1.54) is 6.33 Å². The third-order valence-corrected chi connectivity index (χ3v) is 4.10. The largest absolute Gasteiger partial charge is 0.395 e. The summed E-state index contributed by atoms with van der Waals surface area (Å²) < 4.78 is 0. The summed E-state index contributed by atoms with van der Waals surface area (Å²) in [5.74, 6) is 1.31. The summed E-state index contributed by atoms with van der Waals surface area (Å²) in [7, 11) is 0. The van der Waals surface area contributed by atoms with Gasteiger partial charge in [-0.05, 0) is 25.7 Å². The predicted molar refractivity (Wildman–Crippen MR) is 84.3 cm³/mol. The number of likely N-dealkylation sites (N-methyl/N-ethyl adjacent to an activating group) is 1. The number of rotatable bonds is 6. The highest BCUT2D eigenvalue weighted by molar-refractivity contribution is 5.71. The Labute approximate surface area is 129 Å². The molecule has 1 aromatic heterocycles. The molecule has 1 fully saturated rings. The number of aliphatic hydroxyl groups is 1. The van der Waals surface area contributed by atoms with Crippen LogP contribution in [0.25, 0.3) is 0 Å². The van der Waals surface area contributed by atoms with E-state index in [2.05, 4.69) is 16.9 Å². The molecule has 0 aromatic carbocycles. The summed E-state index contributed by atoms with van der Waals surface area (Å²) in [4.78, 5) is 23.1. The van der Waals surface area contributed by atoms with E-state index < -0.39 is 4.92 Å². The Kier molecular flexibility index (Phi) is 5.48. The minimum Gasteiger partial charge on any atom is -0.395 e. The van der Waals surface area contributed by atoms with Gasteiger partial charge in [-0.2, -0.15) is 0 Å². The fourth-order valence-corrected chi connectivity index (χ4v) is 2.74. The van der Waals surface area contributed by atoms with Gasteiger partial charge in [-0.3, -0.25) is 10.1 Å². The third kappa shape index (κ3) is 3.44. The monoisotopic (exact) mass is 309 g/mol. The van der Waals surface area contributed by atoms with Crippen LogP contribution < -0.4 is 9.80 Å². The second kappa shape index (κ2) is 7.35. The number of nitrogens with zero attached hydrogens (tertiary/aromatic N) is 5. The SMILES string of the molecule is CCN(CCO)c1ncnc(N2CCC(C)CC2)c1[N+](=O)[O-]. The first-order valence-corrected chi connectivity index (χ1v) is 7.68. The molecule has 0 radical (unpaired) electrons. The first-order valence-electron chi connectivity index (χ1n) is 7.68. The van der Waals surface area contributed by atoms with Gasteiger partial charge < -0.3 is 14.9 Å². The molecule has 0 unspecified atom stereocenters. The van der Waals surface area contributed by atoms with Crippen LogP contribution in [0.5, 0.6) is 0 Å². The molecule has 1 saturated heterocycles. The highest BCUT2D eigenvalue weighted by Gasteiger charge is 2.30. The van der Waals surface area contributed by atoms with Crippen LogP contribution >= 0.6 is 0 Å². The molecule has 2 heterocycles. The molecule has 0 spiro atoms. The first kappa shape index (κ1) is 16.4. The number of aliphatic hydroxyl groups excluding tert-OH is 1. The van der Waals surface area contributed by atoms with Crippen LogP contribution in [0.4, 0.5) is 17.3 Å². The third-order valence-electron chi connectivity index (χ3n) is 4.10. The second-order valence-electron chi connectivity index (χ2n) is 5.60. The van der Waals surface area contributed by atoms with Gasteiger partial charge in [0.05, 0.1) is 11.5 Å². The lowest BCUT2D eigenvalue weighted by molar-refractivity contribution is -0.383. The molecule has 0 bridgehead atoms. The van der Waals surface area contributed by atoms with Gasteiger partial charge in [-0.1, -0.05) is 6.92 Å². The van der Waals surface area contributed by atoms with Crippen LogP contribution in [0.2, 0.25) is 0 Å². The summed E-state index contributed by atoms with van der Waals surface area (Å²) in [6, 6.07) is 0. The molecular weight excluding hydrogens is 286 g/mol. The molecule has 1 aliphatic heterocycles. The number of anilines is 2. The molecule has 8 nitrogen and oxygen atoms in total. The smallest absolute Gasteiger partial charge is 0.353 e. The minimum atomic E-state index is -0.414. The molecule has 1 aromatic rings. The molecule has 0 amide bonds. The van der Waals surface area contributed by atoms with Crippen molar-refractivity contribution in [3.63, 3.8) is 0 Å². The van der Waals surface area contributed by atoms with Crippen molar-refractivity contribution in [1.29, 1.82) is 0 Å². The average Bonchev–Trinajstić information content (AvgIpc) is 2.52. The van der Waals surface area contributed by atoms with Gasteiger partial charge in [0, 0.05) is 26.2 Å². The van der Waals surface area contributed by atoms with Gasteiger partial charge in [0.25, 0.3) is 0 Å². The van der Waals surface area contributed by atoms with Crippen LogP contribution in [-0.2, 0) is 0 Å². The fraction of sp³-hybridized carbons (Fsp3) is 0.714. The fourth-order valence-electron chi connectivity index (χ4n) is 2.74. The molecule has 0 atom stereocenters. The molecule has 8 heteroatoms. The Hall–Kier alpha value is -1.96. The maximum absolute atomic E-state index is 11.6. The van der Waals surface area contributed by atoms with Crippen molar-refractivity contribution >= 4 is 17.3 Å². The van der Waals surface area contributed by atoms with E-state index in [1.54, 1.807) is 4.90 Å². The summed E-state index contributed by atoms with van der Waals surface area (Å²) in [6.07, 6.45) is 3.38. The number of nitro groups is 1. The minimum absolute atomic E-state index is 0.0626. The van der Waals surface area contributed by atoms with Crippen molar-refractivity contribution in [2.45, 2.75) is 26.7 Å². The second-order valence-corrected chi connectivity index (χ2v) is 5.60. The molecule has 22 heavy (non-hydrogen) atoms. The predicted octanol–water partition coefficient (Wildman–Crippen LogP) is 1.44. The van der Waals surface area contributed by atoms with E-state index >= 15 is 0 Å². The number of piperidine rings is 1. The van der Waals surface area contributed by atoms with Gasteiger partial charge in [0.2, 0.25) is 11.6 Å². The lowest BCUT2D eigenvalue weighted by Gasteiger charge is -2.31. The van der Waals surface area contributed by atoms with Crippen molar-refractivity contribution in [3.8, 4) is 0 Å². The van der Waals surface area contributed by atoms with Crippen LogP contribution in [0.15, 0.2) is 6.33 Å². The number of hydrogen-bond acceptors (Lipinski definition) is 7. The molecular formula is C14H23N5O3. The maximum Gasteiger partial charge on any atom is 0.353 e. The zero-order valence-corrected chi connectivity index (χ0v) is 13.1. The van der Waals surface area contributed by atoms with Gasteiger partial charge in [0.1, 0.15) is 6.33 Å². The highest BCUT2D eigenvalue weighted by Crippen LogP contribution is 2.35. The van der Waals surface area contributed by atoms with Crippen molar-refractivity contribution in [1.82, 2.24) is 9.97 Å². The van der Waals surface area contributed by atoms with Crippen molar-refractivity contribution in [2.75, 3.05) is 42.6 Å². The van der Waals surface area contributed by atoms with Crippen molar-refractivity contribution in [3.05, 3.63) is 16.4 Å². The van der Waals surface area contributed by atoms with Crippen LogP contribution in [0.3, 0.4) is 0 Å². The molecule has 122 valence electrons. The Balaban J connectivity index is 2.39. The van der Waals surface area contributed by atoms with Crippen LogP contribution in [-0.4, -0.2) is 52.8 Å². The lowest BCUT2D eigenvalue weighted by atomic mass is 9.99. The molecule has 1 aliphatic rings. The highest BCUT2D eigenvalue weighted by atomic mass is 16.6.